The third kappa shape index (κ3) is 3.71. The highest BCUT2D eigenvalue weighted by Gasteiger charge is 2.23. The first-order valence-corrected chi connectivity index (χ1v) is 8.70. The Hall–Kier alpha value is -2.46. The van der Waals surface area contributed by atoms with Gasteiger partial charge in [0, 0.05) is 11.8 Å². The first kappa shape index (κ1) is 17.9. The number of hydrogen-bond acceptors (Lipinski definition) is 5. The molecule has 0 aliphatic heterocycles. The van der Waals surface area contributed by atoms with Gasteiger partial charge in [-0.15, -0.1) is 0 Å². The molecule has 24 heavy (non-hydrogen) atoms. The van der Waals surface area contributed by atoms with Crippen LogP contribution in [0.2, 0.25) is 0 Å². The number of sulfonamides is 1. The summed E-state index contributed by atoms with van der Waals surface area (Å²) in [6, 6.07) is 7.52. The average Bonchev–Trinajstić information content (AvgIpc) is 2.46. The largest absolute Gasteiger partial charge is 0.478 e. The van der Waals surface area contributed by atoms with E-state index in [2.05, 4.69) is 20.7 Å². The molecule has 0 atom stereocenters. The van der Waals surface area contributed by atoms with Gasteiger partial charge in [-0.25, -0.2) is 13.2 Å². The zero-order valence-corrected chi connectivity index (χ0v) is 14.6. The number of aryl methyl sites for hydroxylation is 1. The zero-order chi connectivity index (χ0) is 18.1. The molecule has 0 aliphatic rings. The lowest BCUT2D eigenvalue weighted by Gasteiger charge is -2.11. The predicted molar refractivity (Wildman–Crippen MR) is 89.7 cm³/mol. The van der Waals surface area contributed by atoms with Crippen molar-refractivity contribution in [3.05, 3.63) is 62.1 Å². The number of rotatable bonds is 5. The van der Waals surface area contributed by atoms with Gasteiger partial charge in [-0.2, -0.15) is 0 Å². The van der Waals surface area contributed by atoms with Gasteiger partial charge in [-0.1, -0.05) is 6.07 Å². The number of hydrogen-bond donors (Lipinski definition) is 2. The van der Waals surface area contributed by atoms with E-state index < -0.39 is 20.9 Å². The molecule has 2 N–H and O–H groups in total. The number of aromatic carboxylic acids is 1. The molecule has 0 saturated heterocycles. The molecule has 126 valence electrons. The first-order valence-electron chi connectivity index (χ1n) is 6.42. The Morgan fingerprint density at radius 2 is 1.96 bits per heavy atom. The number of carboxylic acid groups (broad SMARTS) is 1. The zero-order valence-electron chi connectivity index (χ0n) is 12.2. The van der Waals surface area contributed by atoms with Crippen LogP contribution >= 0.6 is 15.9 Å². The quantitative estimate of drug-likeness (QED) is 0.571. The maximum absolute atomic E-state index is 12.5. The minimum absolute atomic E-state index is 0.0415. The Morgan fingerprint density at radius 3 is 2.54 bits per heavy atom. The van der Waals surface area contributed by atoms with Crippen molar-refractivity contribution >= 4 is 43.3 Å². The van der Waals surface area contributed by atoms with E-state index in [0.29, 0.717) is 5.56 Å². The fourth-order valence-electron chi connectivity index (χ4n) is 2.00. The molecular formula is C14H11BrN2O6S. The van der Waals surface area contributed by atoms with Gasteiger partial charge >= 0.3 is 5.97 Å². The van der Waals surface area contributed by atoms with Crippen LogP contribution in [0.5, 0.6) is 0 Å². The second kappa shape index (κ2) is 6.57. The van der Waals surface area contributed by atoms with Crippen molar-refractivity contribution in [2.45, 2.75) is 11.8 Å². The smallest absolute Gasteiger partial charge is 0.335 e. The summed E-state index contributed by atoms with van der Waals surface area (Å²) in [5.74, 6) is -1.20. The molecule has 0 aliphatic carbocycles. The van der Waals surface area contributed by atoms with Gasteiger partial charge < -0.3 is 5.11 Å². The molecule has 2 aromatic carbocycles. The lowest BCUT2D eigenvalue weighted by Crippen LogP contribution is -2.15. The highest BCUT2D eigenvalue weighted by atomic mass is 79.9. The van der Waals surface area contributed by atoms with Crippen LogP contribution in [0.4, 0.5) is 11.4 Å². The monoisotopic (exact) mass is 414 g/mol. The van der Waals surface area contributed by atoms with Crippen LogP contribution in [0.15, 0.2) is 45.8 Å². The summed E-state index contributed by atoms with van der Waals surface area (Å²) in [5, 5.41) is 19.9. The minimum atomic E-state index is -4.13. The average molecular weight is 415 g/mol. The SMILES string of the molecule is Cc1cc(Br)c([N+](=O)[O-])cc1S(=O)(=O)Nc1cccc(C(=O)O)c1. The fraction of sp³-hybridized carbons (Fsp3) is 0.0714. The van der Waals surface area contributed by atoms with Gasteiger partial charge in [0.2, 0.25) is 0 Å². The number of benzene rings is 2. The lowest BCUT2D eigenvalue weighted by atomic mass is 10.2. The van der Waals surface area contributed by atoms with Crippen LogP contribution in [0, 0.1) is 17.0 Å². The third-order valence-electron chi connectivity index (χ3n) is 3.09. The molecule has 2 rings (SSSR count). The Kier molecular flexibility index (Phi) is 4.90. The van der Waals surface area contributed by atoms with E-state index >= 15 is 0 Å². The highest BCUT2D eigenvalue weighted by molar-refractivity contribution is 9.10. The number of halogens is 1. The van der Waals surface area contributed by atoms with Crippen molar-refractivity contribution in [1.29, 1.82) is 0 Å². The van der Waals surface area contributed by atoms with E-state index in [1.807, 2.05) is 0 Å². The molecule has 0 spiro atoms. The molecule has 0 fully saturated rings. The molecule has 0 amide bonds. The Balaban J connectivity index is 2.48. The van der Waals surface area contributed by atoms with E-state index in [1.165, 1.54) is 31.2 Å². The van der Waals surface area contributed by atoms with Gasteiger partial charge in [0.05, 0.1) is 19.9 Å². The topological polar surface area (TPSA) is 127 Å². The summed E-state index contributed by atoms with van der Waals surface area (Å²) >= 11 is 3.02. The summed E-state index contributed by atoms with van der Waals surface area (Å²) in [7, 11) is -4.13. The number of nitrogens with one attached hydrogen (secondary N) is 1. The normalized spacial score (nSPS) is 11.1. The summed E-state index contributed by atoms with van der Waals surface area (Å²) in [4.78, 5) is 21.0. The number of carboxylic acids is 1. The maximum atomic E-state index is 12.5. The number of anilines is 1. The number of nitro benzene ring substituents is 1. The third-order valence-corrected chi connectivity index (χ3v) is 5.25. The van der Waals surface area contributed by atoms with Gasteiger partial charge in [-0.3, -0.25) is 14.8 Å². The van der Waals surface area contributed by atoms with Crippen LogP contribution < -0.4 is 4.72 Å². The summed E-state index contributed by atoms with van der Waals surface area (Å²) in [6.07, 6.45) is 0. The van der Waals surface area contributed by atoms with Crippen molar-refractivity contribution in [3.8, 4) is 0 Å². The maximum Gasteiger partial charge on any atom is 0.335 e. The van der Waals surface area contributed by atoms with Crippen molar-refractivity contribution in [1.82, 2.24) is 0 Å². The Morgan fingerprint density at radius 1 is 1.29 bits per heavy atom. The molecule has 0 aromatic heterocycles. The molecule has 10 heteroatoms. The standard InChI is InChI=1S/C14H11BrN2O6S/c1-8-5-11(15)12(17(20)21)7-13(8)24(22,23)16-10-4-2-3-9(6-10)14(18)19/h2-7,16H,1H3,(H,18,19). The van der Waals surface area contributed by atoms with E-state index in [-0.39, 0.29) is 26.3 Å². The molecular weight excluding hydrogens is 404 g/mol. The van der Waals surface area contributed by atoms with E-state index in [0.717, 1.165) is 12.1 Å². The fourth-order valence-corrected chi connectivity index (χ4v) is 3.90. The number of nitro groups is 1. The van der Waals surface area contributed by atoms with E-state index in [1.54, 1.807) is 0 Å². The Labute approximate surface area is 145 Å². The predicted octanol–water partition coefficient (Wildman–Crippen LogP) is 3.16. The second-order valence-corrected chi connectivity index (χ2v) is 7.32. The molecule has 0 heterocycles. The van der Waals surface area contributed by atoms with Crippen molar-refractivity contribution in [2.24, 2.45) is 0 Å². The molecule has 8 nitrogen and oxygen atoms in total. The van der Waals surface area contributed by atoms with Gasteiger partial charge in [0.25, 0.3) is 15.7 Å². The number of nitrogens with zero attached hydrogens (tertiary/aromatic N) is 1. The van der Waals surface area contributed by atoms with Crippen molar-refractivity contribution in [3.63, 3.8) is 0 Å². The van der Waals surface area contributed by atoms with Gasteiger partial charge in [0.15, 0.2) is 0 Å². The van der Waals surface area contributed by atoms with Gasteiger partial charge in [-0.05, 0) is 52.7 Å². The molecule has 0 unspecified atom stereocenters. The molecule has 0 saturated carbocycles. The first-order chi connectivity index (χ1) is 11.1. The van der Waals surface area contributed by atoms with Crippen LogP contribution in [-0.2, 0) is 10.0 Å². The molecule has 0 radical (unpaired) electrons. The molecule has 2 aromatic rings. The highest BCUT2D eigenvalue weighted by Crippen LogP contribution is 2.31. The van der Waals surface area contributed by atoms with E-state index in [4.69, 9.17) is 5.11 Å². The summed E-state index contributed by atoms with van der Waals surface area (Å²) in [6.45, 7) is 1.50. The van der Waals surface area contributed by atoms with Crippen LogP contribution in [0.1, 0.15) is 15.9 Å². The summed E-state index contributed by atoms with van der Waals surface area (Å²) < 4.78 is 27.4. The van der Waals surface area contributed by atoms with Crippen molar-refractivity contribution < 1.29 is 23.2 Å². The summed E-state index contributed by atoms with van der Waals surface area (Å²) in [5.41, 5.74) is -0.136. The van der Waals surface area contributed by atoms with Gasteiger partial charge in [0.1, 0.15) is 0 Å². The van der Waals surface area contributed by atoms with Crippen LogP contribution in [-0.4, -0.2) is 24.4 Å². The van der Waals surface area contributed by atoms with Crippen molar-refractivity contribution in [2.75, 3.05) is 4.72 Å². The second-order valence-electron chi connectivity index (χ2n) is 4.82. The molecule has 0 bridgehead atoms. The van der Waals surface area contributed by atoms with Crippen LogP contribution in [0.25, 0.3) is 0 Å². The number of carbonyl (C=O) groups is 1. The van der Waals surface area contributed by atoms with Crippen LogP contribution in [0.3, 0.4) is 0 Å². The lowest BCUT2D eigenvalue weighted by molar-refractivity contribution is -0.385. The Bertz CT molecular complexity index is 942. The van der Waals surface area contributed by atoms with E-state index in [9.17, 15) is 23.3 Å². The minimum Gasteiger partial charge on any atom is -0.478 e.